The first-order valence-corrected chi connectivity index (χ1v) is 42.0. The predicted molar refractivity (Wildman–Crippen MR) is 463 cm³/mol. The summed E-state index contributed by atoms with van der Waals surface area (Å²) in [6.07, 6.45) is 19.5. The fourth-order valence-electron chi connectivity index (χ4n) is 15.0. The van der Waals surface area contributed by atoms with Crippen molar-refractivity contribution in [1.29, 1.82) is 0 Å². The average Bonchev–Trinajstić information content (AvgIpc) is 1.66. The van der Waals surface area contributed by atoms with E-state index in [1.807, 2.05) is 112 Å². The maximum Gasteiger partial charge on any atom is 0.257 e. The van der Waals surface area contributed by atoms with E-state index in [-0.39, 0.29) is 66.0 Å². The molecular weight excluding hydrogens is 1580 g/mol. The van der Waals surface area contributed by atoms with Gasteiger partial charge in [0.1, 0.15) is 110 Å². The van der Waals surface area contributed by atoms with Crippen LogP contribution in [0.5, 0.6) is 0 Å². The molecule has 642 valence electrons. The summed E-state index contributed by atoms with van der Waals surface area (Å²) in [4.78, 5) is 92.3. The van der Waals surface area contributed by atoms with Gasteiger partial charge in [0.15, 0.2) is 22.6 Å². The van der Waals surface area contributed by atoms with Crippen LogP contribution in [0.25, 0.3) is 22.6 Å². The Morgan fingerprint density at radius 1 is 0.415 bits per heavy atom. The van der Waals surface area contributed by atoms with Gasteiger partial charge < -0.3 is 92.5 Å². The highest BCUT2D eigenvalue weighted by Crippen LogP contribution is 2.35. The van der Waals surface area contributed by atoms with Crippen LogP contribution in [0.1, 0.15) is 155 Å². The van der Waals surface area contributed by atoms with E-state index >= 15 is 0 Å². The van der Waals surface area contributed by atoms with Crippen LogP contribution >= 0.6 is 0 Å². The van der Waals surface area contributed by atoms with Crippen molar-refractivity contribution in [3.63, 3.8) is 0 Å². The first kappa shape index (κ1) is 82.1. The van der Waals surface area contributed by atoms with E-state index in [4.69, 9.17) is 38.9 Å². The van der Waals surface area contributed by atoms with Gasteiger partial charge >= 0.3 is 0 Å². The second-order valence-corrected chi connectivity index (χ2v) is 31.5. The first-order valence-electron chi connectivity index (χ1n) is 42.0. The maximum absolute atomic E-state index is 13.2. The van der Waals surface area contributed by atoms with Gasteiger partial charge in [-0.05, 0) is 132 Å². The fourth-order valence-corrected chi connectivity index (χ4v) is 15.0. The molecule has 4 aliphatic heterocycles. The lowest BCUT2D eigenvalue weighted by molar-refractivity contribution is 0.0124. The molecule has 4 amide bonds. The third kappa shape index (κ3) is 19.5. The van der Waals surface area contributed by atoms with Crippen molar-refractivity contribution in [3.8, 4) is 0 Å². The standard InChI is InChI=1S/C21H24FN7O2.2C21H26N8O2.C21H25N7O2/c1-23-19-9-18(27-17-6-2-5-15(25-17)12-4-3-7-31-11-12)28-20-13(10-24-29(19)20)21(30)26-16-8-14(16)22;2*1-22-19-10-17(27-20-15(11-23-29(19)20)21(30)24-13-6-7-13)25-16-4-3-5-18(26-16)28-9-8-14(12-28)31-2;1-22-19-11-18(26-17-7-4-5-15(25-17)16-6-2-3-10-30-16)27-20-14(12-23-28(19)20)21(29)24-13-8-9-13/h2,5-6,9-10,12,14,16,23H,3-4,7-8,11H2,1H3,(H,26,30)(H,25,27,28);2*3-5,10-11,13-14,22H,6-9,12H2,1-2H3,(H,24,30)(H,25,26,27);4-5,7,11-13,16,22H,2-3,6,8-10H2,1H3,(H,24,29)(H,25,26,27)/t12?,14-,16+;2*14-;/m011./s1. The van der Waals surface area contributed by atoms with Gasteiger partial charge in [-0.3, -0.25) is 19.2 Å². The zero-order valence-corrected chi connectivity index (χ0v) is 69.3. The zero-order chi connectivity index (χ0) is 84.6. The molecule has 8 fully saturated rings. The molecule has 12 aromatic heterocycles. The molecule has 12 aromatic rings. The number of hydrogen-bond acceptors (Lipinski definition) is 30. The molecule has 12 N–H and O–H groups in total. The number of carbonyl (C=O) groups excluding carboxylic acids is 4. The predicted octanol–water partition coefficient (Wildman–Crippen LogP) is 9.74. The van der Waals surface area contributed by atoms with E-state index in [9.17, 15) is 23.6 Å². The number of halogens is 1. The Hall–Kier alpha value is -13.3. The number of aromatic nitrogens is 16. The molecule has 6 atom stereocenters. The van der Waals surface area contributed by atoms with Crippen LogP contribution in [0.15, 0.2) is 122 Å². The molecule has 0 spiro atoms. The van der Waals surface area contributed by atoms with Crippen LogP contribution in [0.4, 0.5) is 85.8 Å². The second-order valence-electron chi connectivity index (χ2n) is 31.5. The number of ether oxygens (including phenoxy) is 4. The Morgan fingerprint density at radius 3 is 1.13 bits per heavy atom. The maximum atomic E-state index is 13.2. The van der Waals surface area contributed by atoms with E-state index in [0.717, 1.165) is 163 Å². The fraction of sp³-hybridized carbons (Fsp3) is 0.429. The largest absolute Gasteiger partial charge is 0.381 e. The van der Waals surface area contributed by atoms with Crippen molar-refractivity contribution in [2.24, 2.45) is 0 Å². The van der Waals surface area contributed by atoms with E-state index in [1.54, 1.807) is 64.0 Å². The van der Waals surface area contributed by atoms with Crippen molar-refractivity contribution >= 4 is 128 Å². The molecule has 8 aliphatic rings. The number of hydrogen-bond donors (Lipinski definition) is 12. The van der Waals surface area contributed by atoms with E-state index < -0.39 is 12.2 Å². The molecule has 20 rings (SSSR count). The monoisotopic (exact) mass is 1680 g/mol. The number of fused-ring (bicyclic) bond motifs is 4. The Labute approximate surface area is 707 Å². The summed E-state index contributed by atoms with van der Waals surface area (Å²) in [6, 6.07) is 31.1. The third-order valence-electron chi connectivity index (χ3n) is 22.4. The smallest absolute Gasteiger partial charge is 0.257 e. The number of methoxy groups -OCH3 is 2. The lowest BCUT2D eigenvalue weighted by atomic mass is 9.98. The van der Waals surface area contributed by atoms with Gasteiger partial charge in [-0.25, -0.2) is 44.3 Å². The lowest BCUT2D eigenvalue weighted by Crippen LogP contribution is -2.27. The van der Waals surface area contributed by atoms with Gasteiger partial charge in [0.05, 0.1) is 61.4 Å². The molecule has 39 heteroatoms. The molecule has 16 heterocycles. The number of pyridine rings is 4. The number of rotatable bonds is 26. The number of alkyl halides is 1. The van der Waals surface area contributed by atoms with Crippen LogP contribution in [-0.4, -0.2) is 233 Å². The Kier molecular flexibility index (Phi) is 24.7. The van der Waals surface area contributed by atoms with Gasteiger partial charge in [0.25, 0.3) is 23.6 Å². The number of anilines is 14. The normalized spacial score (nSPS) is 19.6. The highest BCUT2D eigenvalue weighted by Gasteiger charge is 2.40. The SMILES string of the molecule is CNc1cc(Nc2cccc(C3CCCCO3)n2)nc2c(C(=O)NC3CC3)cnn12.CNc1cc(Nc2cccc(C3CCCOC3)n2)nc2c(C(=O)N[C@@H]3C[C@@H]3F)cnn12.CNc1cc(Nc2cccc(N3CC[C@@H](OC)C3)n2)nc2c(C(=O)NC3CC3)cnn12.CNc1cc(Nc2cccc(N3CC[C@@H](OC)C3)n2)nc2c(C(=O)NC3CC3)cnn12. The number of amides is 4. The first-order chi connectivity index (χ1) is 60.1. The Balaban J connectivity index is 0.000000116. The zero-order valence-electron chi connectivity index (χ0n) is 69.3. The van der Waals surface area contributed by atoms with Crippen molar-refractivity contribution in [3.05, 3.63) is 155 Å². The van der Waals surface area contributed by atoms with Gasteiger partial charge in [-0.15, -0.1) is 0 Å². The quantitative estimate of drug-likeness (QED) is 0.0240. The van der Waals surface area contributed by atoms with Crippen LogP contribution in [-0.2, 0) is 18.9 Å². The van der Waals surface area contributed by atoms with Crippen LogP contribution < -0.4 is 73.6 Å². The van der Waals surface area contributed by atoms with Crippen molar-refractivity contribution in [2.45, 2.75) is 144 Å². The molecule has 4 saturated carbocycles. The minimum absolute atomic E-state index is 0.0383. The molecular formula is C84H101FN30O8. The number of nitrogens with zero attached hydrogens (tertiary/aromatic N) is 18. The average molecular weight is 1680 g/mol. The molecule has 0 bridgehead atoms. The summed E-state index contributed by atoms with van der Waals surface area (Å²) in [5.41, 5.74) is 5.41. The van der Waals surface area contributed by atoms with Crippen molar-refractivity contribution in [1.82, 2.24) is 99.6 Å². The van der Waals surface area contributed by atoms with Crippen molar-refractivity contribution < 1.29 is 42.5 Å². The molecule has 38 nitrogen and oxygen atoms in total. The Bertz CT molecular complexity index is 5630. The molecule has 4 aliphatic carbocycles. The van der Waals surface area contributed by atoms with E-state index in [2.05, 4.69) is 114 Å². The Morgan fingerprint density at radius 2 is 0.789 bits per heavy atom. The summed E-state index contributed by atoms with van der Waals surface area (Å²) in [6.45, 7) is 5.75. The van der Waals surface area contributed by atoms with Crippen LogP contribution in [0.3, 0.4) is 0 Å². The number of carbonyl (C=O) groups is 4. The minimum Gasteiger partial charge on any atom is -0.381 e. The minimum atomic E-state index is -0.975. The summed E-state index contributed by atoms with van der Waals surface area (Å²) < 4.78 is 42.0. The van der Waals surface area contributed by atoms with Gasteiger partial charge in [-0.1, -0.05) is 24.3 Å². The van der Waals surface area contributed by atoms with E-state index in [1.165, 1.54) is 6.20 Å². The number of nitrogens with one attached hydrogen (secondary N) is 12. The second kappa shape index (κ2) is 37.0. The topological polar surface area (TPSA) is 428 Å². The van der Waals surface area contributed by atoms with Gasteiger partial charge in [0, 0.05) is 142 Å². The van der Waals surface area contributed by atoms with Crippen molar-refractivity contribution in [2.75, 3.05) is 141 Å². The van der Waals surface area contributed by atoms with Gasteiger partial charge in [0.2, 0.25) is 0 Å². The molecule has 0 aromatic carbocycles. The summed E-state index contributed by atoms with van der Waals surface area (Å²) in [7, 11) is 10.7. The van der Waals surface area contributed by atoms with Crippen LogP contribution in [0.2, 0.25) is 0 Å². The molecule has 2 unspecified atom stereocenters. The van der Waals surface area contributed by atoms with E-state index in [0.29, 0.717) is 110 Å². The summed E-state index contributed by atoms with van der Waals surface area (Å²) >= 11 is 0. The lowest BCUT2D eigenvalue weighted by Gasteiger charge is -2.22. The highest BCUT2D eigenvalue weighted by molar-refractivity contribution is 6.03. The third-order valence-corrected chi connectivity index (χ3v) is 22.4. The van der Waals surface area contributed by atoms with Gasteiger partial charge in [-0.2, -0.15) is 38.5 Å². The molecule has 4 saturated heterocycles. The van der Waals surface area contributed by atoms with Crippen LogP contribution in [0, 0.1) is 0 Å². The summed E-state index contributed by atoms with van der Waals surface area (Å²) in [5, 5.41) is 54.4. The highest BCUT2D eigenvalue weighted by atomic mass is 19.1. The molecule has 123 heavy (non-hydrogen) atoms. The summed E-state index contributed by atoms with van der Waals surface area (Å²) in [5.74, 6) is 9.04. The molecule has 0 radical (unpaired) electrons.